The van der Waals surface area contributed by atoms with Crippen molar-refractivity contribution >= 4 is 11.7 Å². The van der Waals surface area contributed by atoms with Crippen LogP contribution in [0.1, 0.15) is 13.3 Å². The highest BCUT2D eigenvalue weighted by molar-refractivity contribution is 5.91. The SMILES string of the molecule is CCOCCOc1ccccc1NC(=O)N[C@@H]1CCNC[C@H]1O. The molecule has 0 aliphatic carbocycles. The van der Waals surface area contributed by atoms with Crippen molar-refractivity contribution in [2.75, 3.05) is 38.2 Å². The molecule has 7 nitrogen and oxygen atoms in total. The second-order valence-corrected chi connectivity index (χ2v) is 5.31. The number of nitrogens with one attached hydrogen (secondary N) is 3. The summed E-state index contributed by atoms with van der Waals surface area (Å²) in [7, 11) is 0. The van der Waals surface area contributed by atoms with E-state index in [2.05, 4.69) is 16.0 Å². The first kappa shape index (κ1) is 17.5. The normalized spacial score (nSPS) is 20.8. The van der Waals surface area contributed by atoms with Gasteiger partial charge in [-0.05, 0) is 32.0 Å². The lowest BCUT2D eigenvalue weighted by molar-refractivity contribution is 0.107. The van der Waals surface area contributed by atoms with E-state index in [0.29, 0.717) is 44.2 Å². The van der Waals surface area contributed by atoms with Crippen LogP contribution in [0, 0.1) is 0 Å². The molecule has 1 aliphatic rings. The maximum atomic E-state index is 12.1. The first-order valence-corrected chi connectivity index (χ1v) is 7.96. The maximum absolute atomic E-state index is 12.1. The summed E-state index contributed by atoms with van der Waals surface area (Å²) in [5.41, 5.74) is 0.588. The molecule has 1 aliphatic heterocycles. The van der Waals surface area contributed by atoms with E-state index in [-0.39, 0.29) is 12.1 Å². The summed E-state index contributed by atoms with van der Waals surface area (Å²) in [5.74, 6) is 0.591. The highest BCUT2D eigenvalue weighted by Gasteiger charge is 2.24. The van der Waals surface area contributed by atoms with E-state index in [1.807, 2.05) is 19.1 Å². The zero-order valence-corrected chi connectivity index (χ0v) is 13.4. The second-order valence-electron chi connectivity index (χ2n) is 5.31. The number of piperidine rings is 1. The maximum Gasteiger partial charge on any atom is 0.319 e. The largest absolute Gasteiger partial charge is 0.489 e. The Labute approximate surface area is 136 Å². The van der Waals surface area contributed by atoms with E-state index in [0.717, 1.165) is 6.54 Å². The van der Waals surface area contributed by atoms with Crippen molar-refractivity contribution in [3.63, 3.8) is 0 Å². The Balaban J connectivity index is 1.87. The van der Waals surface area contributed by atoms with Gasteiger partial charge in [-0.25, -0.2) is 4.79 Å². The number of para-hydroxylation sites is 2. The van der Waals surface area contributed by atoms with Gasteiger partial charge in [0.15, 0.2) is 0 Å². The number of amides is 2. The number of aliphatic hydroxyl groups excluding tert-OH is 1. The van der Waals surface area contributed by atoms with Gasteiger partial charge in [0.25, 0.3) is 0 Å². The average molecular weight is 323 g/mol. The van der Waals surface area contributed by atoms with Crippen LogP contribution < -0.4 is 20.7 Å². The molecule has 1 fully saturated rings. The lowest BCUT2D eigenvalue weighted by atomic mass is 10.0. The van der Waals surface area contributed by atoms with Crippen LogP contribution in [0.2, 0.25) is 0 Å². The minimum atomic E-state index is -0.577. The number of β-amino-alcohol motifs (C(OH)–C–C–N with tert-alkyl or cyclic N) is 1. The molecule has 1 saturated heterocycles. The summed E-state index contributed by atoms with van der Waals surface area (Å²) in [6.07, 6.45) is 0.119. The standard InChI is InChI=1S/C16H25N3O4/c1-2-22-9-10-23-15-6-4-3-5-13(15)19-16(21)18-12-7-8-17-11-14(12)20/h3-6,12,14,17,20H,2,7-11H2,1H3,(H2,18,19,21)/t12-,14-/m1/s1. The van der Waals surface area contributed by atoms with Crippen LogP contribution in [0.15, 0.2) is 24.3 Å². The second kappa shape index (κ2) is 9.34. The van der Waals surface area contributed by atoms with E-state index in [9.17, 15) is 9.90 Å². The first-order chi connectivity index (χ1) is 11.2. The van der Waals surface area contributed by atoms with Crippen molar-refractivity contribution in [2.45, 2.75) is 25.5 Å². The van der Waals surface area contributed by atoms with E-state index in [4.69, 9.17) is 9.47 Å². The smallest absolute Gasteiger partial charge is 0.319 e. The van der Waals surface area contributed by atoms with Crippen molar-refractivity contribution < 1.29 is 19.4 Å². The van der Waals surface area contributed by atoms with Crippen molar-refractivity contribution in [3.8, 4) is 5.75 Å². The van der Waals surface area contributed by atoms with Crippen LogP contribution in [0.25, 0.3) is 0 Å². The van der Waals surface area contributed by atoms with E-state index < -0.39 is 6.10 Å². The molecule has 0 radical (unpaired) electrons. The average Bonchev–Trinajstić information content (AvgIpc) is 2.55. The van der Waals surface area contributed by atoms with E-state index in [1.54, 1.807) is 12.1 Å². The van der Waals surface area contributed by atoms with Gasteiger partial charge in [0.05, 0.1) is 24.4 Å². The molecule has 0 spiro atoms. The molecule has 2 amide bonds. The van der Waals surface area contributed by atoms with Crippen molar-refractivity contribution in [3.05, 3.63) is 24.3 Å². The molecule has 1 aromatic carbocycles. The Morgan fingerprint density at radius 3 is 3.00 bits per heavy atom. The third-order valence-corrected chi connectivity index (χ3v) is 3.59. The number of hydrogen-bond donors (Lipinski definition) is 4. The summed E-state index contributed by atoms with van der Waals surface area (Å²) < 4.78 is 10.9. The summed E-state index contributed by atoms with van der Waals surface area (Å²) in [4.78, 5) is 12.1. The fourth-order valence-corrected chi connectivity index (χ4v) is 2.39. The Morgan fingerprint density at radius 1 is 1.39 bits per heavy atom. The number of urea groups is 1. The lowest BCUT2D eigenvalue weighted by Gasteiger charge is -2.29. The molecule has 0 unspecified atom stereocenters. The van der Waals surface area contributed by atoms with Gasteiger partial charge < -0.3 is 30.5 Å². The van der Waals surface area contributed by atoms with E-state index in [1.165, 1.54) is 0 Å². The van der Waals surface area contributed by atoms with Crippen LogP contribution in [0.3, 0.4) is 0 Å². The van der Waals surface area contributed by atoms with Gasteiger partial charge >= 0.3 is 6.03 Å². The fraction of sp³-hybridized carbons (Fsp3) is 0.562. The summed E-state index contributed by atoms with van der Waals surface area (Å²) >= 11 is 0. The van der Waals surface area contributed by atoms with Crippen LogP contribution in [0.5, 0.6) is 5.75 Å². The fourth-order valence-electron chi connectivity index (χ4n) is 2.39. The number of carbonyl (C=O) groups excluding carboxylic acids is 1. The molecule has 23 heavy (non-hydrogen) atoms. The Morgan fingerprint density at radius 2 is 2.22 bits per heavy atom. The third kappa shape index (κ3) is 5.70. The minimum absolute atomic E-state index is 0.248. The highest BCUT2D eigenvalue weighted by Crippen LogP contribution is 2.23. The molecule has 2 atom stereocenters. The highest BCUT2D eigenvalue weighted by atomic mass is 16.5. The molecule has 0 bridgehead atoms. The van der Waals surface area contributed by atoms with E-state index >= 15 is 0 Å². The molecular weight excluding hydrogens is 298 g/mol. The van der Waals surface area contributed by atoms with Crippen LogP contribution in [-0.2, 0) is 4.74 Å². The van der Waals surface area contributed by atoms with Crippen molar-refractivity contribution in [1.29, 1.82) is 0 Å². The number of ether oxygens (including phenoxy) is 2. The zero-order valence-electron chi connectivity index (χ0n) is 13.4. The van der Waals surface area contributed by atoms with Gasteiger partial charge in [0, 0.05) is 13.2 Å². The summed E-state index contributed by atoms with van der Waals surface area (Å²) in [6.45, 7) is 4.75. The summed E-state index contributed by atoms with van der Waals surface area (Å²) in [5, 5.41) is 18.5. The van der Waals surface area contributed by atoms with Gasteiger partial charge in [-0.2, -0.15) is 0 Å². The van der Waals surface area contributed by atoms with Crippen molar-refractivity contribution in [2.24, 2.45) is 0 Å². The quantitative estimate of drug-likeness (QED) is 0.561. The molecule has 1 heterocycles. The Bertz CT molecular complexity index is 498. The predicted octanol–water partition coefficient (Wildman–Crippen LogP) is 0.946. The van der Waals surface area contributed by atoms with Gasteiger partial charge in [-0.3, -0.25) is 0 Å². The van der Waals surface area contributed by atoms with Crippen LogP contribution >= 0.6 is 0 Å². The molecule has 128 valence electrons. The van der Waals surface area contributed by atoms with Gasteiger partial charge in [-0.15, -0.1) is 0 Å². The topological polar surface area (TPSA) is 91.9 Å². The molecular formula is C16H25N3O4. The summed E-state index contributed by atoms with van der Waals surface area (Å²) in [6, 6.07) is 6.63. The van der Waals surface area contributed by atoms with Gasteiger partial charge in [0.2, 0.25) is 0 Å². The molecule has 1 aromatic rings. The number of rotatable bonds is 7. The number of aliphatic hydroxyl groups is 1. The predicted molar refractivity (Wildman–Crippen MR) is 87.9 cm³/mol. The number of benzene rings is 1. The van der Waals surface area contributed by atoms with Gasteiger partial charge in [-0.1, -0.05) is 12.1 Å². The monoisotopic (exact) mass is 323 g/mol. The molecule has 0 aromatic heterocycles. The van der Waals surface area contributed by atoms with Gasteiger partial charge in [0.1, 0.15) is 12.4 Å². The number of hydrogen-bond acceptors (Lipinski definition) is 5. The lowest BCUT2D eigenvalue weighted by Crippen LogP contribution is -2.53. The third-order valence-electron chi connectivity index (χ3n) is 3.59. The van der Waals surface area contributed by atoms with Crippen LogP contribution in [0.4, 0.5) is 10.5 Å². The molecule has 0 saturated carbocycles. The zero-order chi connectivity index (χ0) is 16.5. The minimum Gasteiger partial charge on any atom is -0.489 e. The Kier molecular flexibility index (Phi) is 7.12. The molecule has 4 N–H and O–H groups in total. The molecule has 2 rings (SSSR count). The Hall–Kier alpha value is -1.83. The molecule has 7 heteroatoms. The van der Waals surface area contributed by atoms with Crippen molar-refractivity contribution in [1.82, 2.24) is 10.6 Å². The number of carbonyl (C=O) groups is 1. The number of anilines is 1. The van der Waals surface area contributed by atoms with Crippen LogP contribution in [-0.4, -0.2) is 56.2 Å². The first-order valence-electron chi connectivity index (χ1n) is 7.96.